The molecule has 0 aromatic rings. The van der Waals surface area contributed by atoms with Crippen LogP contribution in [0.4, 0.5) is 0 Å². The highest BCUT2D eigenvalue weighted by Gasteiger charge is 2.77. The van der Waals surface area contributed by atoms with Gasteiger partial charge in [-0.15, -0.1) is 0 Å². The van der Waals surface area contributed by atoms with Crippen LogP contribution in [0.15, 0.2) is 12.2 Å². The number of allylic oxidation sites excluding steroid dienone is 1. The third-order valence-corrected chi connectivity index (χ3v) is 8.95. The van der Waals surface area contributed by atoms with Gasteiger partial charge in [-0.25, -0.2) is 0 Å². The van der Waals surface area contributed by atoms with E-state index in [4.69, 9.17) is 4.74 Å². The number of aliphatic hydroxyl groups is 2. The first-order valence-corrected chi connectivity index (χ1v) is 9.49. The Kier molecular flexibility index (Phi) is 2.74. The van der Waals surface area contributed by atoms with Gasteiger partial charge in [-0.3, -0.25) is 0 Å². The minimum atomic E-state index is -0.416. The van der Waals surface area contributed by atoms with Gasteiger partial charge in [-0.1, -0.05) is 26.0 Å². The van der Waals surface area contributed by atoms with Gasteiger partial charge in [0.25, 0.3) is 0 Å². The Hall–Kier alpha value is -0.380. The molecule has 2 N–H and O–H groups in total. The van der Waals surface area contributed by atoms with Gasteiger partial charge in [0.1, 0.15) is 0 Å². The van der Waals surface area contributed by atoms with Gasteiger partial charge < -0.3 is 14.9 Å². The van der Waals surface area contributed by atoms with Gasteiger partial charge in [-0.05, 0) is 55.8 Å². The zero-order chi connectivity index (χ0) is 16.2. The molecule has 0 radical (unpaired) electrons. The molecule has 9 atom stereocenters. The lowest BCUT2D eigenvalue weighted by atomic mass is 9.40. The van der Waals surface area contributed by atoms with Crippen LogP contribution >= 0.6 is 0 Å². The Labute approximate surface area is 139 Å². The van der Waals surface area contributed by atoms with E-state index in [1.165, 1.54) is 24.8 Å². The maximum Gasteiger partial charge on any atom is 0.0907 e. The number of ether oxygens (including phenoxy) is 1. The number of hydrogen-bond donors (Lipinski definition) is 2. The summed E-state index contributed by atoms with van der Waals surface area (Å²) in [5, 5.41) is 20.8. The lowest BCUT2D eigenvalue weighted by Crippen LogP contribution is -2.64. The summed E-state index contributed by atoms with van der Waals surface area (Å²) < 4.78 is 6.33. The molecule has 1 spiro atoms. The van der Waals surface area contributed by atoms with Crippen molar-refractivity contribution in [3.63, 3.8) is 0 Å². The second kappa shape index (κ2) is 4.23. The molecular weight excluding hydrogens is 288 g/mol. The van der Waals surface area contributed by atoms with E-state index in [-0.39, 0.29) is 24.0 Å². The molecule has 3 nitrogen and oxygen atoms in total. The minimum absolute atomic E-state index is 0.0655. The van der Waals surface area contributed by atoms with Crippen molar-refractivity contribution in [2.45, 2.75) is 70.7 Å². The summed E-state index contributed by atoms with van der Waals surface area (Å²) in [6, 6.07) is 0. The van der Waals surface area contributed by atoms with Crippen molar-refractivity contribution in [1.82, 2.24) is 0 Å². The standard InChI is InChI=1S/C20H30O3/c1-11-8-20-9-12(11)4-5-13(20)18(2)7-6-14(22)19(3,10-21)16(18)15-17(20)23-15/h12-17,21-22H,1,4-10H2,2-3H3. The summed E-state index contributed by atoms with van der Waals surface area (Å²) in [5.41, 5.74) is 1.54. The highest BCUT2D eigenvalue weighted by Crippen LogP contribution is 2.76. The van der Waals surface area contributed by atoms with Crippen LogP contribution < -0.4 is 0 Å². The summed E-state index contributed by atoms with van der Waals surface area (Å²) in [4.78, 5) is 0. The van der Waals surface area contributed by atoms with Gasteiger partial charge in [-0.2, -0.15) is 0 Å². The quantitative estimate of drug-likeness (QED) is 0.577. The molecule has 9 unspecified atom stereocenters. The van der Waals surface area contributed by atoms with Gasteiger partial charge >= 0.3 is 0 Å². The number of aliphatic hydroxyl groups excluding tert-OH is 2. The van der Waals surface area contributed by atoms with Crippen LogP contribution in [-0.2, 0) is 4.74 Å². The summed E-state index contributed by atoms with van der Waals surface area (Å²) >= 11 is 0. The zero-order valence-electron chi connectivity index (χ0n) is 14.4. The van der Waals surface area contributed by atoms with Crippen LogP contribution in [0.3, 0.4) is 0 Å². The molecule has 5 rings (SSSR count). The number of hydrogen-bond acceptors (Lipinski definition) is 3. The molecule has 4 saturated carbocycles. The molecule has 1 aliphatic heterocycles. The highest BCUT2D eigenvalue weighted by molar-refractivity contribution is 5.30. The molecule has 5 aliphatic rings. The van der Waals surface area contributed by atoms with Gasteiger partial charge in [0.15, 0.2) is 0 Å². The normalized spacial score (nSPS) is 63.2. The Balaban J connectivity index is 1.62. The van der Waals surface area contributed by atoms with Crippen molar-refractivity contribution in [1.29, 1.82) is 0 Å². The first-order valence-electron chi connectivity index (χ1n) is 9.49. The Morgan fingerprint density at radius 3 is 2.78 bits per heavy atom. The first-order chi connectivity index (χ1) is 10.9. The third kappa shape index (κ3) is 1.54. The number of fused-ring (bicyclic) bond motifs is 5. The smallest absolute Gasteiger partial charge is 0.0907 e. The van der Waals surface area contributed by atoms with E-state index in [9.17, 15) is 10.2 Å². The molecule has 3 heteroatoms. The Bertz CT molecular complexity index is 573. The van der Waals surface area contributed by atoms with Crippen LogP contribution in [0.2, 0.25) is 0 Å². The lowest BCUT2D eigenvalue weighted by Gasteiger charge is -2.63. The van der Waals surface area contributed by atoms with E-state index in [2.05, 4.69) is 20.4 Å². The molecule has 5 fully saturated rings. The Morgan fingerprint density at radius 1 is 1.26 bits per heavy atom. The van der Waals surface area contributed by atoms with E-state index in [0.29, 0.717) is 17.4 Å². The SMILES string of the molecule is C=C1CC23CC1CCC2C1(C)CCC(O)C(C)(CO)C1C1OC13. The monoisotopic (exact) mass is 318 g/mol. The predicted molar refractivity (Wildman–Crippen MR) is 87.7 cm³/mol. The van der Waals surface area contributed by atoms with Crippen LogP contribution in [0, 0.1) is 34.0 Å². The second-order valence-corrected chi connectivity index (χ2v) is 9.82. The minimum Gasteiger partial charge on any atom is -0.396 e. The second-order valence-electron chi connectivity index (χ2n) is 9.82. The molecule has 4 aliphatic carbocycles. The third-order valence-electron chi connectivity index (χ3n) is 8.95. The maximum absolute atomic E-state index is 10.7. The maximum atomic E-state index is 10.7. The highest BCUT2D eigenvalue weighted by atomic mass is 16.6. The molecule has 0 amide bonds. The van der Waals surface area contributed by atoms with Crippen molar-refractivity contribution >= 4 is 0 Å². The van der Waals surface area contributed by atoms with Crippen molar-refractivity contribution in [2.75, 3.05) is 6.61 Å². The summed E-state index contributed by atoms with van der Waals surface area (Å²) in [6.45, 7) is 8.99. The van der Waals surface area contributed by atoms with Crippen molar-refractivity contribution in [2.24, 2.45) is 34.0 Å². The van der Waals surface area contributed by atoms with Gasteiger partial charge in [0, 0.05) is 16.7 Å². The fourth-order valence-electron chi connectivity index (χ4n) is 7.95. The van der Waals surface area contributed by atoms with Crippen LogP contribution in [0.25, 0.3) is 0 Å². The summed E-state index contributed by atoms with van der Waals surface area (Å²) in [5.74, 6) is 1.67. The predicted octanol–water partition coefficient (Wildman–Crippen LogP) is 2.91. The molecule has 0 aromatic carbocycles. The molecule has 128 valence electrons. The lowest BCUT2D eigenvalue weighted by molar-refractivity contribution is -0.185. The molecule has 0 aromatic heterocycles. The molecule has 1 saturated heterocycles. The fourth-order valence-corrected chi connectivity index (χ4v) is 7.95. The largest absolute Gasteiger partial charge is 0.396 e. The zero-order valence-corrected chi connectivity index (χ0v) is 14.4. The molecule has 2 bridgehead atoms. The van der Waals surface area contributed by atoms with Crippen LogP contribution in [0.1, 0.15) is 52.4 Å². The summed E-state index contributed by atoms with van der Waals surface area (Å²) in [6.07, 6.45) is 7.08. The Morgan fingerprint density at radius 2 is 2.04 bits per heavy atom. The average molecular weight is 318 g/mol. The average Bonchev–Trinajstić information content (AvgIpc) is 3.27. The van der Waals surface area contributed by atoms with Gasteiger partial charge in [0.2, 0.25) is 0 Å². The summed E-state index contributed by atoms with van der Waals surface area (Å²) in [7, 11) is 0. The van der Waals surface area contributed by atoms with E-state index < -0.39 is 11.5 Å². The van der Waals surface area contributed by atoms with Crippen molar-refractivity contribution < 1.29 is 14.9 Å². The van der Waals surface area contributed by atoms with Gasteiger partial charge in [0.05, 0.1) is 24.9 Å². The van der Waals surface area contributed by atoms with E-state index in [1.807, 2.05) is 0 Å². The number of epoxide rings is 1. The molecular formula is C20H30O3. The fraction of sp³-hybridized carbons (Fsp3) is 0.900. The van der Waals surface area contributed by atoms with Crippen molar-refractivity contribution in [3.8, 4) is 0 Å². The molecule has 1 heterocycles. The van der Waals surface area contributed by atoms with E-state index in [1.54, 1.807) is 0 Å². The van der Waals surface area contributed by atoms with E-state index >= 15 is 0 Å². The van der Waals surface area contributed by atoms with E-state index in [0.717, 1.165) is 25.2 Å². The van der Waals surface area contributed by atoms with Crippen LogP contribution in [0.5, 0.6) is 0 Å². The van der Waals surface area contributed by atoms with Crippen LogP contribution in [-0.4, -0.2) is 35.1 Å². The number of rotatable bonds is 1. The first kappa shape index (κ1) is 14.9. The topological polar surface area (TPSA) is 53.0 Å². The van der Waals surface area contributed by atoms with Crippen molar-refractivity contribution in [3.05, 3.63) is 12.2 Å². The molecule has 23 heavy (non-hydrogen) atoms.